The zero-order chi connectivity index (χ0) is 61.8. The smallest absolute Gasteiger partial charge is 0.508 e. The fourth-order valence-electron chi connectivity index (χ4n) is 9.18. The molecule has 0 saturated heterocycles. The zero-order valence-electron chi connectivity index (χ0n) is 54.5. The van der Waals surface area contributed by atoms with Gasteiger partial charge in [-0.2, -0.15) is 0 Å². The largest absolute Gasteiger partial charge is 1.00 e. The SMILES string of the molecule is C/C=C/N(C)c1cccc(C)c1.C=CC(c1cc(C)ccc1O)N(C)c1cccc(C)c1.Cc1ccc(OC/C=C/N(C)c2cccc(C)c2)cc1.Cc1ccc(OCC(O)CN(C)c2ccc(C)cc2)cc1.Cc1ccc2c(c1)N(C)C=CC2.O.[H+]. The van der Waals surface area contributed by atoms with Gasteiger partial charge in [0.2, 0.25) is 0 Å². The summed E-state index contributed by atoms with van der Waals surface area (Å²) in [6, 6.07) is 61.6. The molecule has 2 atom stereocenters. The third-order valence-electron chi connectivity index (χ3n) is 14.1. The van der Waals surface area contributed by atoms with Crippen LogP contribution < -0.4 is 34.0 Å². The maximum absolute atomic E-state index is 10.1. The molecule has 10 heteroatoms. The van der Waals surface area contributed by atoms with Crippen LogP contribution >= 0.6 is 0 Å². The van der Waals surface area contributed by atoms with Gasteiger partial charge < -0.3 is 49.7 Å². The number of phenols is 1. The normalized spacial score (nSPS) is 11.7. The molecule has 0 fully saturated rings. The standard InChI is InChI=1S/C18H23NO2.2C18H21NO.C11H13N.C11H15N.H2O/c1-14-4-8-16(9-5-14)19(3)12-17(20)13-21-18-10-6-15(2)7-11-18;1-15-8-10-18(11-9-15)20-13-5-12-19(3)17-7-4-6-16(2)14-17;1-5-17(16-12-14(3)9-10-18(16)20)19(4)15-8-6-7-13(2)11-15;1-9-5-6-10-4-3-7-12(2)11(10)8-9;1-4-8-12(3)11-7-5-6-10(2)9-11;/h4-11,17,20H,12-13H2,1-3H3;4-12,14H,13H2,1-3H3;5-12,17,20H,1H2,2-4H3;3,5-8H,4H2,1-2H3;4-9H,1-3H3;1H2/p+1/b;12-5+;;;8-4+;. The van der Waals surface area contributed by atoms with Gasteiger partial charge in [-0.25, -0.2) is 0 Å². The average molecular weight is 1160 g/mol. The molecule has 1 heterocycles. The number of anilines is 5. The van der Waals surface area contributed by atoms with Crippen LogP contribution in [0.25, 0.3) is 0 Å². The quantitative estimate of drug-likeness (QED) is 0.0862. The number of nitrogens with zero attached hydrogens (tertiary/aromatic N) is 5. The average Bonchev–Trinajstić information content (AvgIpc) is 3.36. The molecular weight excluding hydrogens is 1060 g/mol. The Morgan fingerprint density at radius 1 is 0.558 bits per heavy atom. The van der Waals surface area contributed by atoms with Crippen LogP contribution in [0.4, 0.5) is 28.4 Å². The summed E-state index contributed by atoms with van der Waals surface area (Å²) >= 11 is 0. The van der Waals surface area contributed by atoms with Crippen molar-refractivity contribution in [3.05, 3.63) is 287 Å². The van der Waals surface area contributed by atoms with E-state index in [1.165, 1.54) is 61.6 Å². The second-order valence-electron chi connectivity index (χ2n) is 21.9. The Morgan fingerprint density at radius 2 is 1.02 bits per heavy atom. The summed E-state index contributed by atoms with van der Waals surface area (Å²) in [7, 11) is 10.2. The number of aliphatic hydroxyl groups excluding tert-OH is 1. The van der Waals surface area contributed by atoms with Crippen LogP contribution in [0.5, 0.6) is 17.2 Å². The molecule has 0 bridgehead atoms. The second-order valence-corrected chi connectivity index (χ2v) is 21.9. The van der Waals surface area contributed by atoms with E-state index in [1.807, 2.05) is 126 Å². The van der Waals surface area contributed by atoms with Crippen LogP contribution in [-0.4, -0.2) is 76.8 Å². The first-order valence-corrected chi connectivity index (χ1v) is 29.2. The Labute approximate surface area is 517 Å². The fourth-order valence-corrected chi connectivity index (χ4v) is 9.18. The van der Waals surface area contributed by atoms with Gasteiger partial charge in [-0.1, -0.05) is 131 Å². The third kappa shape index (κ3) is 23.6. The number of rotatable bonds is 17. The van der Waals surface area contributed by atoms with Crippen molar-refractivity contribution < 1.29 is 26.6 Å². The maximum atomic E-state index is 10.1. The monoisotopic (exact) mass is 1160 g/mol. The van der Waals surface area contributed by atoms with E-state index in [1.54, 1.807) is 6.07 Å². The molecule has 0 amide bonds. The van der Waals surface area contributed by atoms with Crippen molar-refractivity contribution in [1.82, 2.24) is 0 Å². The van der Waals surface area contributed by atoms with E-state index >= 15 is 0 Å². The van der Waals surface area contributed by atoms with Crippen molar-refractivity contribution in [3.8, 4) is 17.2 Å². The summed E-state index contributed by atoms with van der Waals surface area (Å²) < 4.78 is 11.3. The van der Waals surface area contributed by atoms with Crippen LogP contribution in [-0.2, 0) is 6.42 Å². The van der Waals surface area contributed by atoms with Crippen LogP contribution in [0.2, 0.25) is 0 Å². The summed E-state index contributed by atoms with van der Waals surface area (Å²) in [5, 5.41) is 20.2. The van der Waals surface area contributed by atoms with E-state index in [4.69, 9.17) is 9.47 Å². The summed E-state index contributed by atoms with van der Waals surface area (Å²) in [5.41, 5.74) is 18.2. The minimum Gasteiger partial charge on any atom is -0.508 e. The van der Waals surface area contributed by atoms with Crippen LogP contribution in [0.15, 0.2) is 231 Å². The molecule has 10 nitrogen and oxygen atoms in total. The first-order chi connectivity index (χ1) is 40.7. The van der Waals surface area contributed by atoms with Crippen molar-refractivity contribution in [2.24, 2.45) is 0 Å². The van der Waals surface area contributed by atoms with Crippen LogP contribution in [0.3, 0.4) is 0 Å². The lowest BCUT2D eigenvalue weighted by Gasteiger charge is -2.29. The summed E-state index contributed by atoms with van der Waals surface area (Å²) in [5.74, 6) is 2.00. The minimum absolute atomic E-state index is 0. The molecule has 1 aliphatic heterocycles. The molecule has 0 spiro atoms. The Kier molecular flexibility index (Phi) is 29.1. The third-order valence-corrected chi connectivity index (χ3v) is 14.1. The van der Waals surface area contributed by atoms with Crippen molar-refractivity contribution in [3.63, 3.8) is 0 Å². The van der Waals surface area contributed by atoms with Gasteiger partial charge in [-0.15, -0.1) is 6.58 Å². The highest BCUT2D eigenvalue weighted by molar-refractivity contribution is 5.60. The summed E-state index contributed by atoms with van der Waals surface area (Å²) in [6.45, 7) is 23.9. The van der Waals surface area contributed by atoms with E-state index in [-0.39, 0.29) is 12.9 Å². The molecule has 0 radical (unpaired) electrons. The Balaban J connectivity index is 0.000000288. The van der Waals surface area contributed by atoms with Crippen LogP contribution in [0, 0.1) is 55.4 Å². The highest BCUT2D eigenvalue weighted by Gasteiger charge is 2.18. The van der Waals surface area contributed by atoms with Crippen LogP contribution in [0.1, 0.15) is 70.0 Å². The molecule has 9 rings (SSSR count). The van der Waals surface area contributed by atoms with Crippen molar-refractivity contribution in [2.75, 3.05) is 79.5 Å². The summed E-state index contributed by atoms with van der Waals surface area (Å²) in [6.07, 6.45) is 14.8. The highest BCUT2D eigenvalue weighted by Crippen LogP contribution is 2.33. The van der Waals surface area contributed by atoms with E-state index in [2.05, 4.69) is 222 Å². The minimum atomic E-state index is -0.530. The molecule has 0 aromatic heterocycles. The number of aromatic hydroxyl groups is 1. The highest BCUT2D eigenvalue weighted by atomic mass is 16.5. The van der Waals surface area contributed by atoms with Gasteiger partial charge in [0.25, 0.3) is 0 Å². The van der Waals surface area contributed by atoms with Gasteiger partial charge in [-0.05, 0) is 200 Å². The molecule has 86 heavy (non-hydrogen) atoms. The Morgan fingerprint density at radius 3 is 1.56 bits per heavy atom. The zero-order valence-corrected chi connectivity index (χ0v) is 53.5. The molecule has 8 aromatic carbocycles. The number of likely N-dealkylation sites (N-methyl/N-ethyl adjacent to an activating group) is 2. The van der Waals surface area contributed by atoms with Gasteiger partial charge in [-0.3, -0.25) is 0 Å². The lowest BCUT2D eigenvalue weighted by atomic mass is 10.0. The van der Waals surface area contributed by atoms with Crippen molar-refractivity contribution >= 4 is 28.4 Å². The Hall–Kier alpha value is -8.96. The number of allylic oxidation sites excluding steroid dienone is 2. The van der Waals surface area contributed by atoms with E-state index in [0.717, 1.165) is 40.4 Å². The molecular formula is C76H96N5O5+. The number of fused-ring (bicyclic) bond motifs is 1. The van der Waals surface area contributed by atoms with E-state index in [0.29, 0.717) is 25.5 Å². The van der Waals surface area contributed by atoms with E-state index < -0.39 is 6.10 Å². The Bertz CT molecular complexity index is 3380. The molecule has 0 aliphatic carbocycles. The lowest BCUT2D eigenvalue weighted by Crippen LogP contribution is -2.33. The predicted molar refractivity (Wildman–Crippen MR) is 369 cm³/mol. The number of hydrogen-bond donors (Lipinski definition) is 2. The number of benzene rings is 8. The maximum Gasteiger partial charge on any atom is 1.00 e. The molecule has 2 unspecified atom stereocenters. The topological polar surface area (TPSA) is 107 Å². The van der Waals surface area contributed by atoms with Gasteiger partial charge in [0.05, 0.1) is 6.04 Å². The van der Waals surface area contributed by atoms with Gasteiger partial charge in [0, 0.05) is 88.2 Å². The first-order valence-electron chi connectivity index (χ1n) is 29.2. The number of aryl methyl sites for hydroxylation is 8. The lowest BCUT2D eigenvalue weighted by molar-refractivity contribution is 0.113. The van der Waals surface area contributed by atoms with Crippen molar-refractivity contribution in [1.29, 1.82) is 0 Å². The number of aliphatic hydroxyl groups is 1. The van der Waals surface area contributed by atoms with E-state index in [9.17, 15) is 10.2 Å². The molecule has 454 valence electrons. The second kappa shape index (κ2) is 36.0. The molecule has 0 saturated carbocycles. The first kappa shape index (κ1) is 69.5. The van der Waals surface area contributed by atoms with Gasteiger partial charge in [0.1, 0.15) is 36.6 Å². The van der Waals surface area contributed by atoms with Crippen molar-refractivity contribution in [2.45, 2.75) is 80.9 Å². The van der Waals surface area contributed by atoms with Gasteiger partial charge in [0.15, 0.2) is 0 Å². The molecule has 1 aliphatic rings. The van der Waals surface area contributed by atoms with Gasteiger partial charge >= 0.3 is 1.43 Å². The number of phenolic OH excluding ortho intramolecular Hbond substituents is 1. The molecule has 8 aromatic rings. The molecule has 4 N–H and O–H groups in total. The number of ether oxygens (including phenoxy) is 2. The predicted octanol–water partition coefficient (Wildman–Crippen LogP) is 16.6. The number of hydrogen-bond acceptors (Lipinski definition) is 9. The fraction of sp³-hybridized carbons (Fsp3) is 0.263. The summed E-state index contributed by atoms with van der Waals surface area (Å²) in [4.78, 5) is 10.5.